The first kappa shape index (κ1) is 15.4. The van der Waals surface area contributed by atoms with Gasteiger partial charge in [0.05, 0.1) is 31.9 Å². The van der Waals surface area contributed by atoms with Crippen LogP contribution in [0.5, 0.6) is 0 Å². The zero-order valence-electron chi connectivity index (χ0n) is 12.9. The molecular formula is C20H19O2S+. The van der Waals surface area contributed by atoms with Crippen molar-refractivity contribution in [1.82, 2.24) is 0 Å². The van der Waals surface area contributed by atoms with E-state index in [0.717, 1.165) is 14.7 Å². The van der Waals surface area contributed by atoms with E-state index in [1.807, 2.05) is 54.6 Å². The Morgan fingerprint density at radius 1 is 0.652 bits per heavy atom. The standard InChI is InChI=1S/C20H18O2S/c1-17(21)22-23(18-11-5-2-6-12-18,19-13-7-3-8-14-19)20-15-9-4-10-16-20/h2-16H,1H3/p+1. The highest BCUT2D eigenvalue weighted by molar-refractivity contribution is 8.30. The minimum absolute atomic E-state index is 0.0310. The average molecular weight is 323 g/mol. The molecular weight excluding hydrogens is 304 g/mol. The fourth-order valence-electron chi connectivity index (χ4n) is 2.57. The van der Waals surface area contributed by atoms with Crippen LogP contribution in [-0.4, -0.2) is 10.8 Å². The normalized spacial score (nSPS) is 11.7. The second-order valence-electron chi connectivity index (χ2n) is 5.10. The molecule has 0 fully saturated rings. The molecule has 116 valence electrons. The van der Waals surface area contributed by atoms with Crippen molar-refractivity contribution in [2.75, 3.05) is 0 Å². The van der Waals surface area contributed by atoms with Gasteiger partial charge < -0.3 is 4.79 Å². The Labute approximate surface area is 138 Å². The number of carbonyl (C=O) groups excluding carboxylic acids is 1. The predicted octanol–water partition coefficient (Wildman–Crippen LogP) is 5.42. The van der Waals surface area contributed by atoms with Crippen molar-refractivity contribution >= 4 is 16.3 Å². The Balaban J connectivity index is 2.32. The summed E-state index contributed by atoms with van der Waals surface area (Å²) in [5.41, 5.74) is 0. The molecule has 3 heteroatoms. The van der Waals surface area contributed by atoms with E-state index in [1.54, 1.807) is 6.92 Å². The van der Waals surface area contributed by atoms with Crippen LogP contribution in [0.1, 0.15) is 6.92 Å². The van der Waals surface area contributed by atoms with Gasteiger partial charge >= 0.3 is 5.97 Å². The van der Waals surface area contributed by atoms with Gasteiger partial charge in [-0.05, 0) is 36.4 Å². The lowest BCUT2D eigenvalue weighted by atomic mass is 10.4. The molecule has 0 saturated heterocycles. The second kappa shape index (κ2) is 6.71. The van der Waals surface area contributed by atoms with Crippen molar-refractivity contribution in [1.29, 1.82) is 0 Å². The van der Waals surface area contributed by atoms with Crippen LogP contribution >= 0.6 is 10.3 Å². The van der Waals surface area contributed by atoms with Crippen molar-refractivity contribution < 1.29 is 8.98 Å². The summed E-state index contributed by atoms with van der Waals surface area (Å²) in [6, 6.07) is 30.3. The fraction of sp³-hybridized carbons (Fsp3) is 0.0500. The van der Waals surface area contributed by atoms with Crippen LogP contribution in [0.2, 0.25) is 0 Å². The van der Waals surface area contributed by atoms with E-state index in [4.69, 9.17) is 4.18 Å². The molecule has 0 bridgehead atoms. The summed E-state index contributed by atoms with van der Waals surface area (Å²) in [5, 5.41) is 0. The smallest absolute Gasteiger partial charge is 0.338 e. The van der Waals surface area contributed by atoms with Gasteiger partial charge in [-0.25, -0.2) is 0 Å². The minimum Gasteiger partial charge on any atom is -0.338 e. The van der Waals surface area contributed by atoms with Crippen molar-refractivity contribution in [2.24, 2.45) is 0 Å². The molecule has 0 heterocycles. The number of benzene rings is 3. The van der Waals surface area contributed by atoms with Crippen LogP contribution in [0, 0.1) is 0 Å². The Morgan fingerprint density at radius 3 is 1.22 bits per heavy atom. The highest BCUT2D eigenvalue weighted by Gasteiger charge is 2.40. The third kappa shape index (κ3) is 3.01. The van der Waals surface area contributed by atoms with E-state index >= 15 is 0 Å². The van der Waals surface area contributed by atoms with Crippen LogP contribution in [-0.2, 0) is 4.18 Å². The summed E-state index contributed by atoms with van der Waals surface area (Å²) < 4.78 is 6.15. The summed E-state index contributed by atoms with van der Waals surface area (Å²) in [4.78, 5) is 13.1. The summed E-state index contributed by atoms with van der Waals surface area (Å²) >= 11 is 0. The Hall–Kier alpha value is -2.52. The zero-order chi connectivity index (χ0) is 16.1. The van der Waals surface area contributed by atoms with Gasteiger partial charge in [0, 0.05) is 0 Å². The quantitative estimate of drug-likeness (QED) is 0.589. The summed E-state index contributed by atoms with van der Waals surface area (Å²) in [5.74, 6) is -0.0310. The first-order valence-corrected chi connectivity index (χ1v) is 9.00. The molecule has 0 aromatic heterocycles. The Morgan fingerprint density at radius 2 is 0.957 bits per heavy atom. The zero-order valence-corrected chi connectivity index (χ0v) is 13.7. The highest BCUT2D eigenvalue weighted by Crippen LogP contribution is 2.68. The first-order chi connectivity index (χ1) is 11.2. The van der Waals surface area contributed by atoms with Crippen molar-refractivity contribution in [3.63, 3.8) is 0 Å². The molecule has 2 nitrogen and oxygen atoms in total. The minimum atomic E-state index is -2.02. The van der Waals surface area contributed by atoms with E-state index < -0.39 is 10.3 Å². The van der Waals surface area contributed by atoms with Gasteiger partial charge in [0.15, 0.2) is 0 Å². The van der Waals surface area contributed by atoms with Gasteiger partial charge in [-0.3, -0.25) is 4.18 Å². The lowest BCUT2D eigenvalue weighted by Gasteiger charge is -2.32. The monoisotopic (exact) mass is 323 g/mol. The van der Waals surface area contributed by atoms with E-state index in [2.05, 4.69) is 36.4 Å². The average Bonchev–Trinajstić information content (AvgIpc) is 2.62. The molecule has 1 N–H and O–H groups in total. The van der Waals surface area contributed by atoms with Gasteiger partial charge in [0.2, 0.25) is 0 Å². The molecule has 23 heavy (non-hydrogen) atoms. The molecule has 3 aromatic rings. The number of hydrogen-bond donors (Lipinski definition) is 0. The topological polar surface area (TPSA) is 30.6 Å². The molecule has 0 aliphatic carbocycles. The van der Waals surface area contributed by atoms with Gasteiger partial charge in [-0.1, -0.05) is 54.6 Å². The van der Waals surface area contributed by atoms with Crippen LogP contribution in [0.4, 0.5) is 0 Å². The maximum atomic E-state index is 9.99. The Kier molecular flexibility index (Phi) is 4.49. The van der Waals surface area contributed by atoms with E-state index in [1.165, 1.54) is 0 Å². The maximum absolute atomic E-state index is 9.99. The van der Waals surface area contributed by atoms with Crippen LogP contribution < -0.4 is 0 Å². The summed E-state index contributed by atoms with van der Waals surface area (Å²) in [7, 11) is -2.02. The number of hydrogen-bond acceptors (Lipinski definition) is 1. The van der Waals surface area contributed by atoms with Crippen molar-refractivity contribution in [3.05, 3.63) is 91.0 Å². The third-order valence-electron chi connectivity index (χ3n) is 3.47. The molecule has 0 saturated carbocycles. The van der Waals surface area contributed by atoms with E-state index in [-0.39, 0.29) is 5.97 Å². The first-order valence-electron chi connectivity index (χ1n) is 7.44. The van der Waals surface area contributed by atoms with Crippen molar-refractivity contribution in [2.45, 2.75) is 21.6 Å². The molecule has 0 amide bonds. The van der Waals surface area contributed by atoms with E-state index in [9.17, 15) is 4.79 Å². The van der Waals surface area contributed by atoms with Gasteiger partial charge in [-0.15, -0.1) is 0 Å². The van der Waals surface area contributed by atoms with Crippen LogP contribution in [0.3, 0.4) is 0 Å². The summed E-state index contributed by atoms with van der Waals surface area (Å²) in [6.07, 6.45) is 0. The lowest BCUT2D eigenvalue weighted by molar-refractivity contribution is 0.496. The lowest BCUT2D eigenvalue weighted by Crippen LogP contribution is -2.11. The number of rotatable bonds is 4. The maximum Gasteiger partial charge on any atom is 0.492 e. The molecule has 0 radical (unpaired) electrons. The largest absolute Gasteiger partial charge is 0.492 e. The molecule has 0 aliphatic heterocycles. The van der Waals surface area contributed by atoms with Crippen LogP contribution in [0.25, 0.3) is 0 Å². The van der Waals surface area contributed by atoms with Gasteiger partial charge in [0.1, 0.15) is 0 Å². The van der Waals surface area contributed by atoms with Crippen LogP contribution in [0.15, 0.2) is 106 Å². The molecule has 3 rings (SSSR count). The van der Waals surface area contributed by atoms with Gasteiger partial charge in [-0.2, -0.15) is 0 Å². The van der Waals surface area contributed by atoms with Crippen molar-refractivity contribution in [3.8, 4) is 0 Å². The predicted molar refractivity (Wildman–Crippen MR) is 95.4 cm³/mol. The molecule has 0 atom stereocenters. The molecule has 0 spiro atoms. The molecule has 0 unspecified atom stereocenters. The van der Waals surface area contributed by atoms with E-state index in [0.29, 0.717) is 0 Å². The molecule has 3 aromatic carbocycles. The highest BCUT2D eigenvalue weighted by atomic mass is 32.3. The SMILES string of the molecule is CC(=[OH+])OS(c1ccccc1)(c1ccccc1)c1ccccc1. The fourth-order valence-corrected chi connectivity index (χ4v) is 5.66. The molecule has 0 aliphatic rings. The summed E-state index contributed by atoms with van der Waals surface area (Å²) in [6.45, 7) is 1.58. The van der Waals surface area contributed by atoms with Gasteiger partial charge in [0.25, 0.3) is 0 Å². The second-order valence-corrected chi connectivity index (χ2v) is 7.79. The Bertz CT molecular complexity index is 674. The third-order valence-corrected chi connectivity index (χ3v) is 6.77.